The molecule has 1 heterocycles. The maximum Gasteiger partial charge on any atom is 0.322 e. The molecule has 0 saturated carbocycles. The van der Waals surface area contributed by atoms with E-state index >= 15 is 0 Å². The number of nitrogens with one attached hydrogen (secondary N) is 2. The number of urea groups is 1. The minimum absolute atomic E-state index is 0.0320. The van der Waals surface area contributed by atoms with Crippen LogP contribution in [0.3, 0.4) is 0 Å². The number of para-hydroxylation sites is 1. The van der Waals surface area contributed by atoms with Crippen molar-refractivity contribution < 1.29 is 4.79 Å². The van der Waals surface area contributed by atoms with Crippen LogP contribution < -0.4 is 10.6 Å². The lowest BCUT2D eigenvalue weighted by Crippen LogP contribution is -2.58. The topological polar surface area (TPSA) is 108 Å². The predicted octanol–water partition coefficient (Wildman–Crippen LogP) is 4.13. The zero-order valence-electron chi connectivity index (χ0n) is 18.4. The number of benzene rings is 2. The minimum Gasteiger partial charge on any atom is -0.338 e. The van der Waals surface area contributed by atoms with E-state index in [4.69, 9.17) is 5.26 Å². The van der Waals surface area contributed by atoms with Crippen LogP contribution in [-0.4, -0.2) is 47.5 Å². The highest BCUT2D eigenvalue weighted by Crippen LogP contribution is 2.20. The number of hydrogen-bond donors (Lipinski definition) is 2. The number of carbonyl (C=O) groups excluding carboxylic acids is 1. The Morgan fingerprint density at radius 3 is 2.69 bits per heavy atom. The van der Waals surface area contributed by atoms with E-state index in [0.29, 0.717) is 36.8 Å². The highest BCUT2D eigenvalue weighted by molar-refractivity contribution is 5.95. The molecular weight excluding hydrogens is 402 g/mol. The van der Waals surface area contributed by atoms with E-state index in [0.717, 1.165) is 24.1 Å². The Balaban J connectivity index is 1.73. The van der Waals surface area contributed by atoms with Gasteiger partial charge in [-0.3, -0.25) is 0 Å². The van der Waals surface area contributed by atoms with Crippen LogP contribution in [0, 0.1) is 29.7 Å². The zero-order chi connectivity index (χ0) is 22.9. The van der Waals surface area contributed by atoms with Gasteiger partial charge in [-0.15, -0.1) is 4.99 Å². The van der Waals surface area contributed by atoms with E-state index in [1.807, 2.05) is 47.2 Å². The van der Waals surface area contributed by atoms with Gasteiger partial charge < -0.3 is 20.4 Å². The van der Waals surface area contributed by atoms with Crippen molar-refractivity contribution in [2.45, 2.75) is 32.7 Å². The van der Waals surface area contributed by atoms with Gasteiger partial charge in [-0.05, 0) is 43.2 Å². The summed E-state index contributed by atoms with van der Waals surface area (Å²) in [6.07, 6.45) is 3.64. The van der Waals surface area contributed by atoms with Gasteiger partial charge in [-0.25, -0.2) is 4.79 Å². The van der Waals surface area contributed by atoms with Gasteiger partial charge in [0.25, 0.3) is 0 Å². The minimum atomic E-state index is -0.191. The Labute approximate surface area is 188 Å². The predicted molar refractivity (Wildman–Crippen MR) is 125 cm³/mol. The van der Waals surface area contributed by atoms with Crippen molar-refractivity contribution in [2.75, 3.05) is 30.3 Å². The highest BCUT2D eigenvalue weighted by atomic mass is 16.2. The molecule has 0 aliphatic carbocycles. The first-order chi connectivity index (χ1) is 15.5. The summed E-state index contributed by atoms with van der Waals surface area (Å²) in [5.41, 5.74) is 3.05. The van der Waals surface area contributed by atoms with Crippen LogP contribution in [0.25, 0.3) is 0 Å². The lowest BCUT2D eigenvalue weighted by atomic mass is 10.1. The van der Waals surface area contributed by atoms with E-state index in [9.17, 15) is 10.1 Å². The largest absolute Gasteiger partial charge is 0.338 e. The first kappa shape index (κ1) is 22.6. The molecule has 1 aliphatic heterocycles. The fourth-order valence-electron chi connectivity index (χ4n) is 3.82. The van der Waals surface area contributed by atoms with E-state index in [2.05, 4.69) is 28.6 Å². The zero-order valence-corrected chi connectivity index (χ0v) is 18.4. The summed E-state index contributed by atoms with van der Waals surface area (Å²) >= 11 is 0. The van der Waals surface area contributed by atoms with Gasteiger partial charge in [0.15, 0.2) is 0 Å². The van der Waals surface area contributed by atoms with Crippen LogP contribution in [0.2, 0.25) is 0 Å². The Hall–Kier alpha value is -4.04. The number of aliphatic imine (C=N–C) groups is 1. The molecule has 2 aromatic rings. The fraction of sp³-hybridized carbons (Fsp3) is 0.333. The van der Waals surface area contributed by atoms with Crippen molar-refractivity contribution in [3.63, 3.8) is 0 Å². The van der Waals surface area contributed by atoms with Crippen LogP contribution in [0.15, 0.2) is 53.5 Å². The molecule has 2 aromatic carbocycles. The molecule has 164 valence electrons. The number of nitriles is 2. The van der Waals surface area contributed by atoms with Gasteiger partial charge in [0.05, 0.1) is 17.7 Å². The van der Waals surface area contributed by atoms with E-state index in [1.54, 1.807) is 24.3 Å². The van der Waals surface area contributed by atoms with Crippen LogP contribution in [0.5, 0.6) is 0 Å². The molecule has 1 aliphatic rings. The number of aryl methyl sites for hydroxylation is 1. The average Bonchev–Trinajstić information content (AvgIpc) is 2.80. The molecule has 32 heavy (non-hydrogen) atoms. The smallest absolute Gasteiger partial charge is 0.322 e. The summed E-state index contributed by atoms with van der Waals surface area (Å²) in [5.74, 6) is 0.490. The van der Waals surface area contributed by atoms with Crippen molar-refractivity contribution in [1.29, 1.82) is 10.5 Å². The molecule has 1 fully saturated rings. The van der Waals surface area contributed by atoms with Gasteiger partial charge >= 0.3 is 6.03 Å². The maximum atomic E-state index is 13.0. The van der Waals surface area contributed by atoms with E-state index in [-0.39, 0.29) is 12.1 Å². The van der Waals surface area contributed by atoms with Gasteiger partial charge in [0.2, 0.25) is 12.2 Å². The molecule has 2 N–H and O–H groups in total. The van der Waals surface area contributed by atoms with Gasteiger partial charge in [0, 0.05) is 31.0 Å². The SMILES string of the molecule is CCCC1CN(/C(=N\C#N)Nc2ccccc2C)CCN1C(=O)Nc1cccc(C#N)c1. The number of amides is 2. The van der Waals surface area contributed by atoms with Crippen LogP contribution >= 0.6 is 0 Å². The number of rotatable bonds is 4. The number of carbonyl (C=O) groups is 1. The third-order valence-electron chi connectivity index (χ3n) is 5.46. The van der Waals surface area contributed by atoms with Crippen molar-refractivity contribution in [2.24, 2.45) is 4.99 Å². The number of piperazine rings is 1. The van der Waals surface area contributed by atoms with Crippen molar-refractivity contribution in [1.82, 2.24) is 9.80 Å². The average molecular weight is 430 g/mol. The lowest BCUT2D eigenvalue weighted by molar-refractivity contribution is 0.130. The first-order valence-corrected chi connectivity index (χ1v) is 10.7. The Morgan fingerprint density at radius 1 is 1.16 bits per heavy atom. The van der Waals surface area contributed by atoms with E-state index < -0.39 is 0 Å². The summed E-state index contributed by atoms with van der Waals surface area (Å²) in [7, 11) is 0. The molecule has 1 unspecified atom stereocenters. The second kappa shape index (κ2) is 10.8. The second-order valence-corrected chi connectivity index (χ2v) is 7.68. The van der Waals surface area contributed by atoms with Crippen LogP contribution in [0.4, 0.5) is 16.2 Å². The number of nitrogens with zero attached hydrogens (tertiary/aromatic N) is 5. The molecule has 1 saturated heterocycles. The standard InChI is InChI=1S/C24H27N7O/c1-3-7-21-16-30(23(27-17-26)29-22-11-5-4-8-18(22)2)12-13-31(21)24(32)28-20-10-6-9-19(14-20)15-25/h4-6,8-11,14,21H,3,7,12-13,16H2,1-2H3,(H,27,29)(H,28,32). The Kier molecular flexibility index (Phi) is 7.66. The highest BCUT2D eigenvalue weighted by Gasteiger charge is 2.31. The third kappa shape index (κ3) is 5.55. The summed E-state index contributed by atoms with van der Waals surface area (Å²) in [6, 6.07) is 16.6. The van der Waals surface area contributed by atoms with E-state index in [1.165, 1.54) is 0 Å². The molecule has 8 nitrogen and oxygen atoms in total. The van der Waals surface area contributed by atoms with Gasteiger partial charge in [-0.2, -0.15) is 10.5 Å². The molecule has 2 amide bonds. The molecule has 0 spiro atoms. The quantitative estimate of drug-likeness (QED) is 0.432. The second-order valence-electron chi connectivity index (χ2n) is 7.68. The van der Waals surface area contributed by atoms with Crippen molar-refractivity contribution in [3.05, 3.63) is 59.7 Å². The monoisotopic (exact) mass is 429 g/mol. The molecular formula is C24H27N7O. The first-order valence-electron chi connectivity index (χ1n) is 10.7. The van der Waals surface area contributed by atoms with Crippen LogP contribution in [-0.2, 0) is 0 Å². The lowest BCUT2D eigenvalue weighted by Gasteiger charge is -2.42. The molecule has 0 aromatic heterocycles. The molecule has 8 heteroatoms. The Morgan fingerprint density at radius 2 is 1.97 bits per heavy atom. The number of hydrogen-bond acceptors (Lipinski definition) is 4. The van der Waals surface area contributed by atoms with Gasteiger partial charge in [-0.1, -0.05) is 37.6 Å². The summed E-state index contributed by atoms with van der Waals surface area (Å²) in [5, 5.41) is 24.5. The number of guanidine groups is 1. The number of anilines is 2. The van der Waals surface area contributed by atoms with Crippen LogP contribution in [0.1, 0.15) is 30.9 Å². The molecule has 1 atom stereocenters. The molecule has 3 rings (SSSR count). The summed E-state index contributed by atoms with van der Waals surface area (Å²) in [6.45, 7) is 5.69. The Bertz CT molecular complexity index is 1070. The van der Waals surface area contributed by atoms with Crippen molar-refractivity contribution in [3.8, 4) is 12.3 Å². The molecule has 0 bridgehead atoms. The molecule has 0 radical (unpaired) electrons. The fourth-order valence-corrected chi connectivity index (χ4v) is 3.82. The maximum absolute atomic E-state index is 13.0. The summed E-state index contributed by atoms with van der Waals surface area (Å²) < 4.78 is 0. The van der Waals surface area contributed by atoms with Crippen molar-refractivity contribution >= 4 is 23.4 Å². The van der Waals surface area contributed by atoms with Gasteiger partial charge in [0.1, 0.15) is 0 Å². The third-order valence-corrected chi connectivity index (χ3v) is 5.46. The summed E-state index contributed by atoms with van der Waals surface area (Å²) in [4.78, 5) is 20.9. The normalized spacial score (nSPS) is 16.1.